The molecule has 2 unspecified atom stereocenters. The molecule has 0 saturated carbocycles. The van der Waals surface area contributed by atoms with E-state index < -0.39 is 11.6 Å². The number of hydrogen-bond donors (Lipinski definition) is 1. The van der Waals surface area contributed by atoms with Gasteiger partial charge in [0.15, 0.2) is 0 Å². The van der Waals surface area contributed by atoms with E-state index in [4.69, 9.17) is 17.3 Å². The fraction of sp³-hybridized carbons (Fsp3) is 0.250. The normalized spacial score (nSPS) is 14.1. The van der Waals surface area contributed by atoms with Crippen LogP contribution in [0.25, 0.3) is 0 Å². The minimum atomic E-state index is -0.582. The van der Waals surface area contributed by atoms with Crippen molar-refractivity contribution in [3.8, 4) is 0 Å². The zero-order valence-corrected chi connectivity index (χ0v) is 11.9. The number of benzene rings is 2. The largest absolute Gasteiger partial charge is 0.327 e. The summed E-state index contributed by atoms with van der Waals surface area (Å²) in [5.41, 5.74) is 7.58. The van der Waals surface area contributed by atoms with Crippen LogP contribution in [-0.4, -0.2) is 6.04 Å². The van der Waals surface area contributed by atoms with Crippen molar-refractivity contribution in [1.82, 2.24) is 0 Å². The van der Waals surface area contributed by atoms with Crippen LogP contribution in [0.2, 0.25) is 5.02 Å². The third-order valence-corrected chi connectivity index (χ3v) is 3.57. The SMILES string of the molecule is CC(N)C(Cc1ccc(Cl)cc1)c1cc(F)cc(F)c1. The Balaban J connectivity index is 2.29. The van der Waals surface area contributed by atoms with Crippen molar-refractivity contribution in [2.24, 2.45) is 5.73 Å². The predicted molar refractivity (Wildman–Crippen MR) is 77.9 cm³/mol. The van der Waals surface area contributed by atoms with Crippen LogP contribution in [-0.2, 0) is 6.42 Å². The highest BCUT2D eigenvalue weighted by molar-refractivity contribution is 6.30. The molecule has 0 amide bonds. The predicted octanol–water partition coefficient (Wildman–Crippen LogP) is 4.29. The monoisotopic (exact) mass is 295 g/mol. The summed E-state index contributed by atoms with van der Waals surface area (Å²) in [5.74, 6) is -1.31. The van der Waals surface area contributed by atoms with Gasteiger partial charge in [0, 0.05) is 23.0 Å². The molecule has 0 aliphatic carbocycles. The van der Waals surface area contributed by atoms with Gasteiger partial charge < -0.3 is 5.73 Å². The van der Waals surface area contributed by atoms with E-state index >= 15 is 0 Å². The van der Waals surface area contributed by atoms with Crippen LogP contribution in [0.3, 0.4) is 0 Å². The van der Waals surface area contributed by atoms with Gasteiger partial charge in [-0.2, -0.15) is 0 Å². The lowest BCUT2D eigenvalue weighted by Crippen LogP contribution is -2.26. The van der Waals surface area contributed by atoms with Crippen molar-refractivity contribution in [3.05, 3.63) is 70.2 Å². The average molecular weight is 296 g/mol. The first-order valence-electron chi connectivity index (χ1n) is 6.41. The molecule has 2 rings (SSSR count). The number of nitrogens with two attached hydrogens (primary N) is 1. The minimum Gasteiger partial charge on any atom is -0.327 e. The van der Waals surface area contributed by atoms with Crippen LogP contribution in [0.15, 0.2) is 42.5 Å². The van der Waals surface area contributed by atoms with Crippen molar-refractivity contribution >= 4 is 11.6 Å². The maximum Gasteiger partial charge on any atom is 0.126 e. The lowest BCUT2D eigenvalue weighted by Gasteiger charge is -2.21. The van der Waals surface area contributed by atoms with Crippen molar-refractivity contribution in [1.29, 1.82) is 0 Å². The van der Waals surface area contributed by atoms with Gasteiger partial charge in [0.25, 0.3) is 0 Å². The quantitative estimate of drug-likeness (QED) is 0.894. The van der Waals surface area contributed by atoms with E-state index in [-0.39, 0.29) is 12.0 Å². The highest BCUT2D eigenvalue weighted by Gasteiger charge is 2.18. The highest BCUT2D eigenvalue weighted by atomic mass is 35.5. The number of rotatable bonds is 4. The summed E-state index contributed by atoms with van der Waals surface area (Å²) in [7, 11) is 0. The van der Waals surface area contributed by atoms with Gasteiger partial charge in [0.1, 0.15) is 11.6 Å². The van der Waals surface area contributed by atoms with Crippen molar-refractivity contribution in [2.75, 3.05) is 0 Å². The maximum atomic E-state index is 13.3. The summed E-state index contributed by atoms with van der Waals surface area (Å²) < 4.78 is 26.7. The molecule has 106 valence electrons. The van der Waals surface area contributed by atoms with Crippen LogP contribution < -0.4 is 5.73 Å². The maximum absolute atomic E-state index is 13.3. The molecule has 2 aromatic rings. The third-order valence-electron chi connectivity index (χ3n) is 3.32. The Morgan fingerprint density at radius 3 is 2.10 bits per heavy atom. The fourth-order valence-electron chi connectivity index (χ4n) is 2.27. The molecule has 0 saturated heterocycles. The molecule has 0 bridgehead atoms. The van der Waals surface area contributed by atoms with E-state index in [1.807, 2.05) is 19.1 Å². The summed E-state index contributed by atoms with van der Waals surface area (Å²) in [5, 5.41) is 0.655. The van der Waals surface area contributed by atoms with Gasteiger partial charge >= 0.3 is 0 Å². The second-order valence-corrected chi connectivity index (χ2v) is 5.44. The first kappa shape index (κ1) is 14.9. The summed E-state index contributed by atoms with van der Waals surface area (Å²) in [6, 6.07) is 10.7. The molecule has 0 aliphatic rings. The molecule has 0 aromatic heterocycles. The molecular weight excluding hydrogens is 280 g/mol. The van der Waals surface area contributed by atoms with Gasteiger partial charge in [0.2, 0.25) is 0 Å². The van der Waals surface area contributed by atoms with Gasteiger partial charge in [-0.05, 0) is 48.7 Å². The Hall–Kier alpha value is -1.45. The van der Waals surface area contributed by atoms with Crippen molar-refractivity contribution in [3.63, 3.8) is 0 Å². The second kappa shape index (κ2) is 6.33. The zero-order chi connectivity index (χ0) is 14.7. The van der Waals surface area contributed by atoms with Crippen molar-refractivity contribution in [2.45, 2.75) is 25.3 Å². The third kappa shape index (κ3) is 3.78. The topological polar surface area (TPSA) is 26.0 Å². The molecule has 0 spiro atoms. The van der Waals surface area contributed by atoms with Gasteiger partial charge in [-0.25, -0.2) is 8.78 Å². The van der Waals surface area contributed by atoms with Crippen LogP contribution in [0.5, 0.6) is 0 Å². The molecule has 0 radical (unpaired) electrons. The van der Waals surface area contributed by atoms with Crippen LogP contribution >= 0.6 is 11.6 Å². The molecule has 20 heavy (non-hydrogen) atoms. The molecule has 1 nitrogen and oxygen atoms in total. The van der Waals surface area contributed by atoms with E-state index in [0.717, 1.165) is 11.6 Å². The van der Waals surface area contributed by atoms with Gasteiger partial charge in [-0.15, -0.1) is 0 Å². The smallest absolute Gasteiger partial charge is 0.126 e. The highest BCUT2D eigenvalue weighted by Crippen LogP contribution is 2.26. The lowest BCUT2D eigenvalue weighted by atomic mass is 9.87. The zero-order valence-electron chi connectivity index (χ0n) is 11.1. The van der Waals surface area contributed by atoms with Crippen LogP contribution in [0, 0.1) is 11.6 Å². The van der Waals surface area contributed by atoms with E-state index in [2.05, 4.69) is 0 Å². The van der Waals surface area contributed by atoms with E-state index in [1.165, 1.54) is 12.1 Å². The molecule has 0 fully saturated rings. The summed E-state index contributed by atoms with van der Waals surface area (Å²) in [6.07, 6.45) is 0.609. The van der Waals surface area contributed by atoms with Crippen molar-refractivity contribution < 1.29 is 8.78 Å². The first-order chi connectivity index (χ1) is 9.45. The average Bonchev–Trinajstić information content (AvgIpc) is 2.36. The van der Waals surface area contributed by atoms with Gasteiger partial charge in [-0.1, -0.05) is 23.7 Å². The van der Waals surface area contributed by atoms with Gasteiger partial charge in [-0.3, -0.25) is 0 Å². The van der Waals surface area contributed by atoms with Crippen LogP contribution in [0.1, 0.15) is 24.0 Å². The lowest BCUT2D eigenvalue weighted by molar-refractivity contribution is 0.540. The van der Waals surface area contributed by atoms with Crippen LogP contribution in [0.4, 0.5) is 8.78 Å². The Bertz CT molecular complexity index is 561. The Morgan fingerprint density at radius 1 is 1.05 bits per heavy atom. The Kier molecular flexibility index (Phi) is 4.73. The van der Waals surface area contributed by atoms with E-state index in [1.54, 1.807) is 12.1 Å². The summed E-state index contributed by atoms with van der Waals surface area (Å²) in [4.78, 5) is 0. The molecular formula is C16H16ClF2N. The first-order valence-corrected chi connectivity index (χ1v) is 6.79. The molecule has 0 heterocycles. The van der Waals surface area contributed by atoms with E-state index in [0.29, 0.717) is 17.0 Å². The molecule has 2 N–H and O–H groups in total. The molecule has 4 heteroatoms. The standard InChI is InChI=1S/C16H16ClF2N/c1-10(20)16(6-11-2-4-13(17)5-3-11)12-7-14(18)9-15(19)8-12/h2-5,7-10,16H,6,20H2,1H3. The van der Waals surface area contributed by atoms with Gasteiger partial charge in [0.05, 0.1) is 0 Å². The summed E-state index contributed by atoms with van der Waals surface area (Å²) in [6.45, 7) is 1.84. The number of halogens is 3. The number of hydrogen-bond acceptors (Lipinski definition) is 1. The molecule has 2 atom stereocenters. The minimum absolute atomic E-state index is 0.152. The molecule has 0 aliphatic heterocycles. The summed E-state index contributed by atoms with van der Waals surface area (Å²) >= 11 is 5.85. The fourth-order valence-corrected chi connectivity index (χ4v) is 2.40. The molecule has 2 aromatic carbocycles. The Labute approximate surface area is 122 Å². The Morgan fingerprint density at radius 2 is 1.60 bits per heavy atom. The van der Waals surface area contributed by atoms with E-state index in [9.17, 15) is 8.78 Å². The second-order valence-electron chi connectivity index (χ2n) is 5.00.